The second-order valence-corrected chi connectivity index (χ2v) is 9.56. The van der Waals surface area contributed by atoms with Crippen molar-refractivity contribution in [3.63, 3.8) is 0 Å². The zero-order chi connectivity index (χ0) is 21.8. The molecule has 1 aliphatic carbocycles. The van der Waals surface area contributed by atoms with E-state index in [9.17, 15) is 18.0 Å². The van der Waals surface area contributed by atoms with Crippen molar-refractivity contribution in [2.75, 3.05) is 0 Å². The number of hydrogen-bond donors (Lipinski definition) is 2. The molecule has 0 atom stereocenters. The summed E-state index contributed by atoms with van der Waals surface area (Å²) in [5.74, 6) is -0.946. The van der Waals surface area contributed by atoms with Crippen LogP contribution >= 0.6 is 0 Å². The van der Waals surface area contributed by atoms with Crippen LogP contribution in [-0.4, -0.2) is 24.9 Å². The highest BCUT2D eigenvalue weighted by molar-refractivity contribution is 7.89. The molecule has 0 radical (unpaired) electrons. The molecule has 1 amide bonds. The minimum atomic E-state index is -3.80. The predicted molar refractivity (Wildman–Crippen MR) is 116 cm³/mol. The second kappa shape index (κ2) is 9.07. The lowest BCUT2D eigenvalue weighted by Gasteiger charge is -2.22. The molecule has 1 saturated carbocycles. The molecular formula is C22H25N3O5S. The smallest absolute Gasteiger partial charge is 0.408 e. The second-order valence-electron chi connectivity index (χ2n) is 7.80. The highest BCUT2D eigenvalue weighted by atomic mass is 32.2. The first-order chi connectivity index (χ1) is 14.9. The lowest BCUT2D eigenvalue weighted by molar-refractivity contribution is -0.122. The molecule has 0 bridgehead atoms. The number of nitrogens with zero attached hydrogens (tertiary/aromatic N) is 1. The van der Waals surface area contributed by atoms with Gasteiger partial charge in [0.1, 0.15) is 6.54 Å². The van der Waals surface area contributed by atoms with Crippen LogP contribution in [0.5, 0.6) is 0 Å². The number of sulfonamides is 1. The van der Waals surface area contributed by atoms with Gasteiger partial charge in [-0.05, 0) is 30.5 Å². The predicted octanol–water partition coefficient (Wildman–Crippen LogP) is 2.52. The van der Waals surface area contributed by atoms with E-state index in [0.717, 1.165) is 31.2 Å². The summed E-state index contributed by atoms with van der Waals surface area (Å²) in [6.07, 6.45) is 5.27. The molecule has 0 aliphatic heterocycles. The largest absolute Gasteiger partial charge is 0.420 e. The summed E-state index contributed by atoms with van der Waals surface area (Å²) in [5.41, 5.74) is 1.33. The van der Waals surface area contributed by atoms with Gasteiger partial charge in [0.25, 0.3) is 0 Å². The van der Waals surface area contributed by atoms with Gasteiger partial charge in [0, 0.05) is 18.7 Å². The Labute approximate surface area is 180 Å². The normalized spacial score (nSPS) is 15.2. The summed E-state index contributed by atoms with van der Waals surface area (Å²) in [6, 6.07) is 13.5. The topological polar surface area (TPSA) is 110 Å². The van der Waals surface area contributed by atoms with Crippen LogP contribution in [0.3, 0.4) is 0 Å². The third-order valence-corrected chi connectivity index (χ3v) is 6.93. The van der Waals surface area contributed by atoms with Crippen molar-refractivity contribution >= 4 is 27.0 Å². The first-order valence-electron chi connectivity index (χ1n) is 10.4. The Morgan fingerprint density at radius 1 is 1.06 bits per heavy atom. The van der Waals surface area contributed by atoms with Crippen molar-refractivity contribution < 1.29 is 17.6 Å². The quantitative estimate of drug-likeness (QED) is 0.583. The molecule has 0 spiro atoms. The van der Waals surface area contributed by atoms with Gasteiger partial charge in [0.15, 0.2) is 5.58 Å². The van der Waals surface area contributed by atoms with Crippen molar-refractivity contribution in [1.82, 2.24) is 14.6 Å². The molecule has 0 unspecified atom stereocenters. The Morgan fingerprint density at radius 2 is 1.81 bits per heavy atom. The fraction of sp³-hybridized carbons (Fsp3) is 0.364. The molecule has 8 nitrogen and oxygen atoms in total. The van der Waals surface area contributed by atoms with Crippen LogP contribution in [0.15, 0.2) is 62.6 Å². The Hall–Kier alpha value is -2.91. The molecule has 1 heterocycles. The third-order valence-electron chi connectivity index (χ3n) is 5.53. The Kier molecular flexibility index (Phi) is 6.24. The summed E-state index contributed by atoms with van der Waals surface area (Å²) in [7, 11) is -3.80. The number of oxazole rings is 1. The zero-order valence-corrected chi connectivity index (χ0v) is 17.9. The molecule has 2 aromatic carbocycles. The van der Waals surface area contributed by atoms with E-state index in [-0.39, 0.29) is 35.5 Å². The van der Waals surface area contributed by atoms with Crippen LogP contribution in [0.2, 0.25) is 0 Å². The maximum Gasteiger partial charge on any atom is 0.420 e. The lowest BCUT2D eigenvalue weighted by Crippen LogP contribution is -2.39. The fourth-order valence-corrected chi connectivity index (χ4v) is 4.92. The van der Waals surface area contributed by atoms with Gasteiger partial charge in [0.2, 0.25) is 15.9 Å². The maximum atomic E-state index is 12.6. The number of benzene rings is 2. The van der Waals surface area contributed by atoms with Crippen molar-refractivity contribution in [2.24, 2.45) is 0 Å². The number of amides is 1. The number of hydrogen-bond acceptors (Lipinski definition) is 5. The third kappa shape index (κ3) is 5.05. The maximum absolute atomic E-state index is 12.6. The van der Waals surface area contributed by atoms with Gasteiger partial charge in [-0.2, -0.15) is 0 Å². The van der Waals surface area contributed by atoms with Gasteiger partial charge in [-0.15, -0.1) is 0 Å². The first-order valence-corrected chi connectivity index (χ1v) is 11.9. The molecule has 9 heteroatoms. The van der Waals surface area contributed by atoms with Crippen molar-refractivity contribution in [2.45, 2.75) is 56.1 Å². The van der Waals surface area contributed by atoms with Crippen LogP contribution in [0.1, 0.15) is 37.7 Å². The minimum absolute atomic E-state index is 0.0107. The van der Waals surface area contributed by atoms with Crippen LogP contribution in [0, 0.1) is 0 Å². The van der Waals surface area contributed by atoms with E-state index in [4.69, 9.17) is 4.42 Å². The van der Waals surface area contributed by atoms with Crippen molar-refractivity contribution in [3.8, 4) is 0 Å². The molecule has 1 fully saturated rings. The van der Waals surface area contributed by atoms with Crippen LogP contribution < -0.4 is 15.8 Å². The molecule has 1 aliphatic rings. The Morgan fingerprint density at radius 3 is 2.55 bits per heavy atom. The van der Waals surface area contributed by atoms with Crippen molar-refractivity contribution in [3.05, 3.63) is 64.6 Å². The van der Waals surface area contributed by atoms with Gasteiger partial charge in [-0.1, -0.05) is 49.6 Å². The fourth-order valence-electron chi connectivity index (χ4n) is 3.88. The average Bonchev–Trinajstić information content (AvgIpc) is 3.08. The van der Waals surface area contributed by atoms with Gasteiger partial charge in [-0.3, -0.25) is 9.36 Å². The Balaban J connectivity index is 1.49. The summed E-state index contributed by atoms with van der Waals surface area (Å²) < 4.78 is 34.3. The number of nitrogens with one attached hydrogen (secondary N) is 2. The number of aromatic nitrogens is 1. The summed E-state index contributed by atoms with van der Waals surface area (Å²) >= 11 is 0. The van der Waals surface area contributed by atoms with Crippen molar-refractivity contribution in [1.29, 1.82) is 0 Å². The van der Waals surface area contributed by atoms with E-state index < -0.39 is 15.8 Å². The summed E-state index contributed by atoms with van der Waals surface area (Å²) in [5, 5.41) is 2.97. The van der Waals surface area contributed by atoms with Gasteiger partial charge < -0.3 is 9.73 Å². The standard InChI is InChI=1S/C22H25N3O5S/c26-21(24-17-9-5-2-6-10-17)15-25-19-12-11-18(13-20(19)30-22(25)27)31(28,29)23-14-16-7-3-1-4-8-16/h1,3-4,7-8,11-13,17,23H,2,5-6,9-10,14-15H2,(H,24,26). The van der Waals surface area contributed by atoms with Crippen LogP contribution in [0.4, 0.5) is 0 Å². The minimum Gasteiger partial charge on any atom is -0.408 e. The monoisotopic (exact) mass is 443 g/mol. The number of fused-ring (bicyclic) bond motifs is 1. The van der Waals surface area contributed by atoms with Gasteiger partial charge >= 0.3 is 5.76 Å². The molecule has 0 saturated heterocycles. The lowest BCUT2D eigenvalue weighted by atomic mass is 9.95. The SMILES string of the molecule is O=C(Cn1c(=O)oc2cc(S(=O)(=O)NCc3ccccc3)ccc21)NC1CCCCC1. The van der Waals surface area contributed by atoms with E-state index in [1.165, 1.54) is 29.2 Å². The zero-order valence-electron chi connectivity index (χ0n) is 17.0. The van der Waals surface area contributed by atoms with Crippen LogP contribution in [0.25, 0.3) is 11.1 Å². The highest BCUT2D eigenvalue weighted by Gasteiger charge is 2.20. The molecule has 164 valence electrons. The van der Waals surface area contributed by atoms with Gasteiger partial charge in [0.05, 0.1) is 10.4 Å². The molecular weight excluding hydrogens is 418 g/mol. The van der Waals surface area contributed by atoms with E-state index >= 15 is 0 Å². The molecule has 31 heavy (non-hydrogen) atoms. The average molecular weight is 444 g/mol. The molecule has 3 aromatic rings. The molecule has 2 N–H and O–H groups in total. The Bertz CT molecular complexity index is 1230. The van der Waals surface area contributed by atoms with E-state index in [1.54, 1.807) is 0 Å². The number of carbonyl (C=O) groups is 1. The summed E-state index contributed by atoms with van der Waals surface area (Å²) in [6.45, 7) is -0.0196. The molecule has 4 rings (SSSR count). The summed E-state index contributed by atoms with van der Waals surface area (Å²) in [4.78, 5) is 24.7. The van der Waals surface area contributed by atoms with Gasteiger partial charge in [-0.25, -0.2) is 17.9 Å². The highest BCUT2D eigenvalue weighted by Crippen LogP contribution is 2.20. The number of carbonyl (C=O) groups excluding carboxylic acids is 1. The van der Waals surface area contributed by atoms with Crippen LogP contribution in [-0.2, 0) is 27.9 Å². The van der Waals surface area contributed by atoms with E-state index in [0.29, 0.717) is 5.52 Å². The molecule has 1 aromatic heterocycles. The van der Waals surface area contributed by atoms with E-state index in [1.807, 2.05) is 30.3 Å². The van der Waals surface area contributed by atoms with E-state index in [2.05, 4.69) is 10.0 Å². The first kappa shape index (κ1) is 21.3. The number of rotatable bonds is 7.